The molecule has 0 aliphatic heterocycles. The minimum absolute atomic E-state index is 0.290. The molecule has 0 amide bonds. The highest BCUT2D eigenvalue weighted by Crippen LogP contribution is 2.37. The molecule has 0 bridgehead atoms. The first kappa shape index (κ1) is 10.4. The molecule has 0 spiro atoms. The van der Waals surface area contributed by atoms with Crippen molar-refractivity contribution >= 4 is 43.2 Å². The highest BCUT2D eigenvalue weighted by Gasteiger charge is 2.13. The molecule has 14 heavy (non-hydrogen) atoms. The second kappa shape index (κ2) is 4.60. The molecule has 0 saturated heterocycles. The topological polar surface area (TPSA) is 0 Å². The molecule has 0 radical (unpaired) electrons. The van der Waals surface area contributed by atoms with E-state index in [-0.39, 0.29) is 4.83 Å². The molecule has 0 saturated carbocycles. The summed E-state index contributed by atoms with van der Waals surface area (Å²) >= 11 is 9.03. The summed E-state index contributed by atoms with van der Waals surface area (Å²) in [5.74, 6) is 0. The van der Waals surface area contributed by atoms with Crippen molar-refractivity contribution in [1.82, 2.24) is 0 Å². The number of rotatable bonds is 2. The molecule has 0 N–H and O–H groups in total. The Morgan fingerprint density at radius 2 is 1.86 bits per heavy atom. The van der Waals surface area contributed by atoms with Crippen LogP contribution in [0, 0.1) is 0 Å². The Balaban J connectivity index is 2.37. The van der Waals surface area contributed by atoms with E-state index in [1.165, 1.54) is 10.4 Å². The summed E-state index contributed by atoms with van der Waals surface area (Å²) in [7, 11) is 0. The average Bonchev–Trinajstić information content (AvgIpc) is 2.70. The van der Waals surface area contributed by atoms with E-state index in [1.54, 1.807) is 11.3 Å². The van der Waals surface area contributed by atoms with E-state index in [4.69, 9.17) is 0 Å². The Bertz CT molecular complexity index is 409. The van der Waals surface area contributed by atoms with Crippen LogP contribution < -0.4 is 0 Å². The molecule has 0 aliphatic carbocycles. The molecule has 1 aromatic heterocycles. The van der Waals surface area contributed by atoms with Gasteiger partial charge in [0.25, 0.3) is 0 Å². The van der Waals surface area contributed by atoms with Crippen molar-refractivity contribution in [3.05, 3.63) is 56.7 Å². The second-order valence-electron chi connectivity index (χ2n) is 2.90. The fourth-order valence-electron chi connectivity index (χ4n) is 1.27. The van der Waals surface area contributed by atoms with Crippen molar-refractivity contribution in [2.24, 2.45) is 0 Å². The number of hydrogen-bond acceptors (Lipinski definition) is 1. The Morgan fingerprint density at radius 1 is 1.07 bits per heavy atom. The maximum absolute atomic E-state index is 3.70. The smallest absolute Gasteiger partial charge is 0.0748 e. The van der Waals surface area contributed by atoms with Gasteiger partial charge in [0, 0.05) is 9.35 Å². The first-order valence-electron chi connectivity index (χ1n) is 4.21. The summed E-state index contributed by atoms with van der Waals surface area (Å²) in [6.07, 6.45) is 0. The van der Waals surface area contributed by atoms with Gasteiger partial charge in [0.15, 0.2) is 0 Å². The quantitative estimate of drug-likeness (QED) is 0.680. The highest BCUT2D eigenvalue weighted by atomic mass is 79.9. The summed E-state index contributed by atoms with van der Waals surface area (Å²) < 4.78 is 1.15. The van der Waals surface area contributed by atoms with Crippen molar-refractivity contribution in [3.63, 3.8) is 0 Å². The van der Waals surface area contributed by atoms with E-state index in [0.29, 0.717) is 0 Å². The summed E-state index contributed by atoms with van der Waals surface area (Å²) in [5, 5.41) is 2.10. The third-order valence-electron chi connectivity index (χ3n) is 1.97. The van der Waals surface area contributed by atoms with Crippen LogP contribution >= 0.6 is 43.2 Å². The van der Waals surface area contributed by atoms with E-state index in [9.17, 15) is 0 Å². The van der Waals surface area contributed by atoms with Gasteiger partial charge in [-0.2, -0.15) is 0 Å². The molecule has 1 heterocycles. The zero-order valence-electron chi connectivity index (χ0n) is 7.28. The van der Waals surface area contributed by atoms with Crippen molar-refractivity contribution in [1.29, 1.82) is 0 Å². The van der Waals surface area contributed by atoms with Gasteiger partial charge in [0.1, 0.15) is 0 Å². The molecule has 2 rings (SSSR count). The maximum Gasteiger partial charge on any atom is 0.0748 e. The zero-order valence-corrected chi connectivity index (χ0v) is 11.3. The van der Waals surface area contributed by atoms with Gasteiger partial charge in [0.05, 0.1) is 4.83 Å². The third-order valence-corrected chi connectivity index (χ3v) is 4.92. The van der Waals surface area contributed by atoms with E-state index in [1.807, 2.05) is 6.07 Å². The van der Waals surface area contributed by atoms with E-state index in [0.717, 1.165) is 4.47 Å². The largest absolute Gasteiger partial charge is 0.147 e. The summed E-state index contributed by atoms with van der Waals surface area (Å²) in [4.78, 5) is 1.62. The lowest BCUT2D eigenvalue weighted by atomic mass is 10.1. The van der Waals surface area contributed by atoms with Crippen LogP contribution in [0.15, 0.2) is 46.3 Å². The normalized spacial score (nSPS) is 12.7. The van der Waals surface area contributed by atoms with Crippen molar-refractivity contribution < 1.29 is 0 Å². The molecule has 72 valence electrons. The maximum atomic E-state index is 3.70. The van der Waals surface area contributed by atoms with Gasteiger partial charge in [0.2, 0.25) is 0 Å². The van der Waals surface area contributed by atoms with Crippen LogP contribution in [0.1, 0.15) is 15.3 Å². The molecule has 0 nitrogen and oxygen atoms in total. The highest BCUT2D eigenvalue weighted by molar-refractivity contribution is 9.11. The van der Waals surface area contributed by atoms with Crippen LogP contribution in [0.2, 0.25) is 0 Å². The molecular weight excluding hydrogens is 324 g/mol. The average molecular weight is 332 g/mol. The zero-order chi connectivity index (χ0) is 9.97. The number of benzene rings is 1. The molecule has 1 atom stereocenters. The minimum Gasteiger partial charge on any atom is -0.147 e. The lowest BCUT2D eigenvalue weighted by Crippen LogP contribution is -1.90. The fourth-order valence-corrected chi connectivity index (χ4v) is 3.68. The van der Waals surface area contributed by atoms with Gasteiger partial charge in [-0.05, 0) is 23.1 Å². The number of halogens is 2. The van der Waals surface area contributed by atoms with Gasteiger partial charge >= 0.3 is 0 Å². The van der Waals surface area contributed by atoms with E-state index in [2.05, 4.69) is 67.6 Å². The molecule has 0 fully saturated rings. The lowest BCUT2D eigenvalue weighted by molar-refractivity contribution is 1.21. The minimum atomic E-state index is 0.290. The summed E-state index contributed by atoms with van der Waals surface area (Å²) in [5.41, 5.74) is 1.27. The number of hydrogen-bond donors (Lipinski definition) is 0. The van der Waals surface area contributed by atoms with Crippen LogP contribution in [0.25, 0.3) is 0 Å². The lowest BCUT2D eigenvalue weighted by Gasteiger charge is -2.09. The molecule has 3 heteroatoms. The molecular formula is C11H8Br2S. The van der Waals surface area contributed by atoms with Crippen LogP contribution in [0.5, 0.6) is 0 Å². The van der Waals surface area contributed by atoms with Crippen LogP contribution in [0.3, 0.4) is 0 Å². The van der Waals surface area contributed by atoms with Gasteiger partial charge in [-0.15, -0.1) is 11.3 Å². The van der Waals surface area contributed by atoms with Gasteiger partial charge in [-0.3, -0.25) is 0 Å². The Hall–Kier alpha value is -0.120. The third kappa shape index (κ3) is 2.10. The van der Waals surface area contributed by atoms with Gasteiger partial charge in [-0.1, -0.05) is 56.1 Å². The molecule has 1 aromatic carbocycles. The standard InChI is InChI=1S/C11H8Br2S/c12-9-5-2-1-4-8(9)11(13)10-6-3-7-14-10/h1-7,11H. The van der Waals surface area contributed by atoms with Gasteiger partial charge < -0.3 is 0 Å². The first-order valence-corrected chi connectivity index (χ1v) is 6.80. The molecule has 1 unspecified atom stereocenters. The van der Waals surface area contributed by atoms with Crippen molar-refractivity contribution in [2.45, 2.75) is 4.83 Å². The number of thiophene rings is 1. The monoisotopic (exact) mass is 330 g/mol. The fraction of sp³-hybridized carbons (Fsp3) is 0.0909. The molecule has 0 aliphatic rings. The summed E-state index contributed by atoms with van der Waals surface area (Å²) in [6.45, 7) is 0. The Kier molecular flexibility index (Phi) is 3.42. The van der Waals surface area contributed by atoms with Gasteiger partial charge in [-0.25, -0.2) is 0 Å². The number of alkyl halides is 1. The predicted molar refractivity (Wildman–Crippen MR) is 69.2 cm³/mol. The van der Waals surface area contributed by atoms with Crippen LogP contribution in [-0.2, 0) is 0 Å². The van der Waals surface area contributed by atoms with Crippen LogP contribution in [0.4, 0.5) is 0 Å². The summed E-state index contributed by atoms with van der Waals surface area (Å²) in [6, 6.07) is 12.5. The van der Waals surface area contributed by atoms with Crippen LogP contribution in [-0.4, -0.2) is 0 Å². The van der Waals surface area contributed by atoms with E-state index >= 15 is 0 Å². The SMILES string of the molecule is Brc1ccccc1C(Br)c1cccs1. The molecule has 2 aromatic rings. The Morgan fingerprint density at radius 3 is 2.50 bits per heavy atom. The van der Waals surface area contributed by atoms with Crippen molar-refractivity contribution in [2.75, 3.05) is 0 Å². The Labute approximate surface area is 104 Å². The predicted octanol–water partition coefficient (Wildman–Crippen LogP) is 4.99. The van der Waals surface area contributed by atoms with E-state index < -0.39 is 0 Å². The van der Waals surface area contributed by atoms with Crippen molar-refractivity contribution in [3.8, 4) is 0 Å². The second-order valence-corrected chi connectivity index (χ2v) is 5.65. The first-order chi connectivity index (χ1) is 6.79.